The number of aromatic hydroxyl groups is 1. The lowest BCUT2D eigenvalue weighted by molar-refractivity contribution is 0.0601. The fraction of sp³-hybridized carbons (Fsp3) is 0.357. The molecule has 1 saturated heterocycles. The van der Waals surface area contributed by atoms with E-state index in [0.29, 0.717) is 33.4 Å². The molecule has 0 amide bonds. The summed E-state index contributed by atoms with van der Waals surface area (Å²) in [5, 5.41) is 13.8. The summed E-state index contributed by atoms with van der Waals surface area (Å²) in [5.41, 5.74) is 2.42. The van der Waals surface area contributed by atoms with Gasteiger partial charge in [-0.25, -0.2) is 9.78 Å². The summed E-state index contributed by atoms with van der Waals surface area (Å²) in [6, 6.07) is 11.1. The van der Waals surface area contributed by atoms with Crippen LogP contribution in [0.15, 0.2) is 53.3 Å². The minimum Gasteiger partial charge on any atom is -0.507 e. The molecule has 1 aliphatic carbocycles. The predicted molar refractivity (Wildman–Crippen MR) is 136 cm³/mol. The van der Waals surface area contributed by atoms with E-state index in [1.807, 2.05) is 36.4 Å². The number of methoxy groups -OCH3 is 1. The molecule has 1 aliphatic heterocycles. The number of fused-ring (bicyclic) bond motifs is 3. The molecule has 2 aromatic heterocycles. The summed E-state index contributed by atoms with van der Waals surface area (Å²) in [6.45, 7) is 3.36. The highest BCUT2D eigenvalue weighted by atomic mass is 16.5. The van der Waals surface area contributed by atoms with Crippen LogP contribution >= 0.6 is 0 Å². The topological polar surface area (TPSA) is 88.3 Å². The van der Waals surface area contributed by atoms with E-state index in [1.54, 1.807) is 6.20 Å². The van der Waals surface area contributed by atoms with Gasteiger partial charge in [-0.15, -0.1) is 0 Å². The van der Waals surface area contributed by atoms with Gasteiger partial charge in [-0.2, -0.15) is 0 Å². The van der Waals surface area contributed by atoms with Gasteiger partial charge in [-0.3, -0.25) is 4.90 Å². The van der Waals surface area contributed by atoms with E-state index in [0.717, 1.165) is 50.0 Å². The lowest BCUT2D eigenvalue weighted by atomic mass is 9.89. The molecule has 4 aromatic rings. The van der Waals surface area contributed by atoms with E-state index < -0.39 is 5.97 Å². The summed E-state index contributed by atoms with van der Waals surface area (Å²) in [6.07, 6.45) is 5.48. The number of furan rings is 1. The Hall–Kier alpha value is -3.62. The van der Waals surface area contributed by atoms with Gasteiger partial charge in [0, 0.05) is 60.2 Å². The van der Waals surface area contributed by atoms with Crippen LogP contribution in [0.2, 0.25) is 0 Å². The van der Waals surface area contributed by atoms with Crippen LogP contribution in [0.4, 0.5) is 0 Å². The second-order valence-corrected chi connectivity index (χ2v) is 9.64. The Labute approximate surface area is 209 Å². The molecule has 36 heavy (non-hydrogen) atoms. The van der Waals surface area contributed by atoms with E-state index in [9.17, 15) is 9.90 Å². The number of phenolic OH excluding ortho intramolecular Hbond substituents is 1. The zero-order valence-electron chi connectivity index (χ0n) is 20.4. The molecule has 1 atom stereocenters. The number of carbonyl (C=O) groups is 1. The molecule has 3 heterocycles. The number of rotatable bonds is 6. The number of hydrogen-bond donors (Lipinski definition) is 1. The molecule has 0 spiro atoms. The minimum atomic E-state index is -0.505. The van der Waals surface area contributed by atoms with Crippen LogP contribution in [0, 0.1) is 0 Å². The Bertz CT molecular complexity index is 1440. The van der Waals surface area contributed by atoms with Crippen LogP contribution in [0.3, 0.4) is 0 Å². The summed E-state index contributed by atoms with van der Waals surface area (Å²) in [7, 11) is 3.46. The number of ether oxygens (including phenoxy) is 2. The van der Waals surface area contributed by atoms with E-state index in [2.05, 4.69) is 21.8 Å². The second-order valence-electron chi connectivity index (χ2n) is 9.64. The third-order valence-electron chi connectivity index (χ3n) is 7.21. The molecule has 2 aliphatic rings. The number of pyridine rings is 1. The van der Waals surface area contributed by atoms with Crippen LogP contribution in [-0.4, -0.2) is 72.3 Å². The molecule has 8 nitrogen and oxygen atoms in total. The standard InChI is InChI=1S/C28H29N3O5/c1-30-11-13-31(14-12-30)25(17-9-10-29-22(15-17)36-18-7-8-18)24-23-21(28(33)34-2)16-35-27(23)20-6-4-3-5-19(20)26(24)32/h3-6,9-10,15-16,18,25,32H,7-8,11-14H2,1-2H3. The van der Waals surface area contributed by atoms with Crippen LogP contribution in [0.1, 0.15) is 40.4 Å². The van der Waals surface area contributed by atoms with Gasteiger partial charge in [0.1, 0.15) is 29.3 Å². The average molecular weight is 488 g/mol. The normalized spacial score (nSPS) is 17.9. The van der Waals surface area contributed by atoms with Gasteiger partial charge in [0.25, 0.3) is 0 Å². The molecular weight excluding hydrogens is 458 g/mol. The summed E-state index contributed by atoms with van der Waals surface area (Å²) < 4.78 is 17.1. The average Bonchev–Trinajstić information content (AvgIpc) is 3.61. The first-order chi connectivity index (χ1) is 17.5. The van der Waals surface area contributed by atoms with Crippen molar-refractivity contribution in [1.29, 1.82) is 0 Å². The second kappa shape index (κ2) is 9.11. The Morgan fingerprint density at radius 1 is 1.14 bits per heavy atom. The maximum absolute atomic E-state index is 12.8. The van der Waals surface area contributed by atoms with Gasteiger partial charge < -0.3 is 23.9 Å². The molecule has 1 saturated carbocycles. The molecule has 8 heteroatoms. The predicted octanol–water partition coefficient (Wildman–Crippen LogP) is 4.35. The van der Waals surface area contributed by atoms with Gasteiger partial charge in [0.2, 0.25) is 5.88 Å². The molecule has 0 bridgehead atoms. The summed E-state index contributed by atoms with van der Waals surface area (Å²) >= 11 is 0. The third-order valence-corrected chi connectivity index (χ3v) is 7.21. The van der Waals surface area contributed by atoms with Gasteiger partial charge in [-0.1, -0.05) is 24.3 Å². The van der Waals surface area contributed by atoms with Crippen molar-refractivity contribution >= 4 is 27.7 Å². The van der Waals surface area contributed by atoms with Crippen molar-refractivity contribution in [1.82, 2.24) is 14.8 Å². The molecule has 2 aromatic carbocycles. The molecule has 186 valence electrons. The van der Waals surface area contributed by atoms with Gasteiger partial charge in [-0.05, 0) is 31.5 Å². The van der Waals surface area contributed by atoms with Crippen molar-refractivity contribution in [2.24, 2.45) is 0 Å². The number of carbonyl (C=O) groups excluding carboxylic acids is 1. The summed E-state index contributed by atoms with van der Waals surface area (Å²) in [5.74, 6) is 0.204. The number of piperazine rings is 1. The van der Waals surface area contributed by atoms with Crippen molar-refractivity contribution in [3.63, 3.8) is 0 Å². The molecule has 6 rings (SSSR count). The first kappa shape index (κ1) is 22.8. The number of aromatic nitrogens is 1. The maximum Gasteiger partial charge on any atom is 0.341 e. The van der Waals surface area contributed by atoms with E-state index in [-0.39, 0.29) is 17.9 Å². The van der Waals surface area contributed by atoms with Crippen molar-refractivity contribution < 1.29 is 23.8 Å². The maximum atomic E-state index is 12.8. The SMILES string of the molecule is COC(=O)c1coc2c1c(C(c1ccnc(OC3CC3)c1)N1CCN(C)CC1)c(O)c1ccccc12. The number of esters is 1. The number of nitrogens with zero attached hydrogens (tertiary/aromatic N) is 3. The Morgan fingerprint density at radius 3 is 2.61 bits per heavy atom. The fourth-order valence-corrected chi connectivity index (χ4v) is 5.16. The monoisotopic (exact) mass is 487 g/mol. The Balaban J connectivity index is 1.62. The highest BCUT2D eigenvalue weighted by Gasteiger charge is 2.34. The van der Waals surface area contributed by atoms with E-state index >= 15 is 0 Å². The molecular formula is C28H29N3O5. The summed E-state index contributed by atoms with van der Waals surface area (Å²) in [4.78, 5) is 21.9. The third kappa shape index (κ3) is 3.96. The lowest BCUT2D eigenvalue weighted by Crippen LogP contribution is -2.46. The molecule has 1 N–H and O–H groups in total. The van der Waals surface area contributed by atoms with Crippen LogP contribution in [0.25, 0.3) is 21.7 Å². The molecule has 0 radical (unpaired) electrons. The first-order valence-corrected chi connectivity index (χ1v) is 12.3. The van der Waals surface area contributed by atoms with Gasteiger partial charge in [0.05, 0.1) is 13.2 Å². The number of phenols is 1. The van der Waals surface area contributed by atoms with Crippen molar-refractivity contribution in [3.05, 3.63) is 65.5 Å². The Kier molecular flexibility index (Phi) is 5.78. The van der Waals surface area contributed by atoms with Crippen LogP contribution in [0.5, 0.6) is 11.6 Å². The molecule has 2 fully saturated rings. The van der Waals surface area contributed by atoms with Crippen LogP contribution < -0.4 is 4.74 Å². The number of benzene rings is 2. The van der Waals surface area contributed by atoms with Crippen molar-refractivity contribution in [3.8, 4) is 11.6 Å². The number of likely N-dealkylation sites (N-methyl/N-ethyl adjacent to an activating group) is 1. The fourth-order valence-electron chi connectivity index (χ4n) is 5.16. The highest BCUT2D eigenvalue weighted by molar-refractivity contribution is 6.16. The van der Waals surface area contributed by atoms with Crippen LogP contribution in [-0.2, 0) is 4.74 Å². The minimum absolute atomic E-state index is 0.134. The quantitative estimate of drug-likeness (QED) is 0.402. The van der Waals surface area contributed by atoms with Gasteiger partial charge >= 0.3 is 5.97 Å². The zero-order valence-corrected chi connectivity index (χ0v) is 20.4. The molecule has 1 unspecified atom stereocenters. The van der Waals surface area contributed by atoms with E-state index in [1.165, 1.54) is 13.4 Å². The van der Waals surface area contributed by atoms with Crippen molar-refractivity contribution in [2.75, 3.05) is 40.3 Å². The number of hydrogen-bond acceptors (Lipinski definition) is 8. The largest absolute Gasteiger partial charge is 0.507 e. The smallest absolute Gasteiger partial charge is 0.341 e. The zero-order chi connectivity index (χ0) is 24.8. The lowest BCUT2D eigenvalue weighted by Gasteiger charge is -2.39. The highest BCUT2D eigenvalue weighted by Crippen LogP contribution is 2.47. The van der Waals surface area contributed by atoms with Gasteiger partial charge in [0.15, 0.2) is 0 Å². The first-order valence-electron chi connectivity index (χ1n) is 12.3. The van der Waals surface area contributed by atoms with E-state index in [4.69, 9.17) is 13.9 Å². The Morgan fingerprint density at radius 2 is 1.89 bits per heavy atom. The van der Waals surface area contributed by atoms with Crippen molar-refractivity contribution in [2.45, 2.75) is 25.0 Å².